The van der Waals surface area contributed by atoms with Gasteiger partial charge < -0.3 is 34.5 Å². The number of rotatable bonds is 17. The summed E-state index contributed by atoms with van der Waals surface area (Å²) >= 11 is 0. The molecule has 0 N–H and O–H groups in total. The number of aliphatic imine (C=N–C) groups is 2. The first-order valence-corrected chi connectivity index (χ1v) is 41.3. The van der Waals surface area contributed by atoms with E-state index in [0.29, 0.717) is 12.1 Å². The number of nitrogens with zero attached hydrogens (tertiary/aromatic N) is 6. The van der Waals surface area contributed by atoms with Crippen molar-refractivity contribution in [2.75, 3.05) is 13.2 Å². The number of hydrogen-bond acceptors (Lipinski definition) is 4. The molecule has 5 aromatic rings. The fraction of sp³-hybridized carbons (Fsp3) is 0.515. The number of ether oxygens (including phenoxy) is 1. The van der Waals surface area contributed by atoms with E-state index in [9.17, 15) is 0 Å². The summed E-state index contributed by atoms with van der Waals surface area (Å²) in [7, 11) is -9.94. The predicted octanol–water partition coefficient (Wildman–Crippen LogP) is 18.7. The van der Waals surface area contributed by atoms with Crippen LogP contribution in [0.3, 0.4) is 0 Å². The molecule has 80 heavy (non-hydrogen) atoms. The molecule has 4 saturated carbocycles. The zero-order chi connectivity index (χ0) is 55.8. The molecule has 0 heterocycles. The molecule has 428 valence electrons. The van der Waals surface area contributed by atoms with Crippen LogP contribution in [0.2, 0.25) is 39.3 Å². The van der Waals surface area contributed by atoms with Gasteiger partial charge >= 0.3 is 32.7 Å². The molecule has 0 atom stereocenters. The van der Waals surface area contributed by atoms with Gasteiger partial charge in [0.25, 0.3) is 0 Å². The second-order valence-electron chi connectivity index (χ2n) is 24.3. The van der Waals surface area contributed by atoms with Crippen molar-refractivity contribution in [3.05, 3.63) is 173 Å². The van der Waals surface area contributed by atoms with Crippen molar-refractivity contribution in [2.24, 2.45) is 14.4 Å². The van der Waals surface area contributed by atoms with Gasteiger partial charge in [0.05, 0.1) is 0 Å². The zero-order valence-electron chi connectivity index (χ0n) is 50.6. The van der Waals surface area contributed by atoms with E-state index in [-0.39, 0.29) is 44.8 Å². The van der Waals surface area contributed by atoms with E-state index in [4.69, 9.17) is 34.5 Å². The van der Waals surface area contributed by atoms with Crippen LogP contribution in [0, 0.1) is 0 Å². The normalized spacial score (nSPS) is 17.6. The van der Waals surface area contributed by atoms with Crippen LogP contribution in [0.5, 0.6) is 0 Å². The topological polar surface area (TPSA) is 88.6 Å². The fourth-order valence-electron chi connectivity index (χ4n) is 12.0. The van der Waals surface area contributed by atoms with Gasteiger partial charge in [-0.3, -0.25) is 0 Å². The molecule has 5 aromatic carbocycles. The van der Waals surface area contributed by atoms with Gasteiger partial charge in [0.2, 0.25) is 0 Å². The molecule has 0 aromatic heterocycles. The maximum atomic E-state index is 6.39. The van der Waals surface area contributed by atoms with E-state index < -0.39 is 30.6 Å². The van der Waals surface area contributed by atoms with Crippen LogP contribution in [-0.2, 0) is 43.9 Å². The van der Waals surface area contributed by atoms with Crippen LogP contribution in [0.4, 0.5) is 0 Å². The molecule has 0 aliphatic heterocycles. The molecule has 0 bridgehead atoms. The zero-order valence-corrected chi connectivity index (χ0v) is 57.2. The van der Waals surface area contributed by atoms with Gasteiger partial charge in [0.1, 0.15) is 0 Å². The fourth-order valence-corrected chi connectivity index (χ4v) is 30.4. The van der Waals surface area contributed by atoms with Gasteiger partial charge in [-0.05, 0) is 76.3 Å². The first kappa shape index (κ1) is 66.2. The second kappa shape index (κ2) is 34.1. The van der Waals surface area contributed by atoms with Crippen LogP contribution < -0.4 is 21.2 Å². The molecule has 4 aliphatic rings. The third-order valence-corrected chi connectivity index (χ3v) is 30.2. The Morgan fingerprint density at radius 2 is 0.825 bits per heavy atom. The van der Waals surface area contributed by atoms with Crippen LogP contribution in [-0.4, -0.2) is 70.6 Å². The van der Waals surface area contributed by atoms with Crippen molar-refractivity contribution in [1.29, 1.82) is 0 Å². The molecule has 0 amide bonds. The molecule has 0 unspecified atom stereocenters. The molecular weight excluding hydrogens is 1120 g/mol. The Hall–Kier alpha value is -2.97. The van der Waals surface area contributed by atoms with Gasteiger partial charge in [-0.2, -0.15) is 0 Å². The van der Waals surface area contributed by atoms with Gasteiger partial charge in [-0.15, -0.1) is 7.04 Å². The van der Waals surface area contributed by atoms with E-state index >= 15 is 0 Å². The molecule has 4 fully saturated rings. The van der Waals surface area contributed by atoms with Gasteiger partial charge in [-0.1, -0.05) is 339 Å². The summed E-state index contributed by atoms with van der Waals surface area (Å²) in [6.07, 6.45) is 26.1. The molecule has 4 aliphatic carbocycles. The van der Waals surface area contributed by atoms with E-state index in [1.165, 1.54) is 135 Å². The minimum atomic E-state index is -2.81. The number of amidine groups is 2. The van der Waals surface area contributed by atoms with Crippen LogP contribution in [0.1, 0.15) is 148 Å². The standard InChI is InChI=1S/C44H60N4P2Si2.C20H29N2.C4H10O.Y/c1-51(2,3)47-49(39-29-17-9-18-30-39,40-31-19-10-20-32-40)44(43(45-37-25-13-7-14-26-37)46-38-27-15-8-16-28-38)50(48-52(4,5)6,41-33-21-11-22-34-41)42-35-23-12-24-36-42;1-4-10-17(11-5-1)16-20(21-18-12-6-2-7-13-18)22-19-14-8-3-9-15-19;1-3-5-4-2;/h9-12,17-24,29-38H,7-8,13-16,25-28H2,1-6H3;1,4-5,10-11,18-19H,2-3,6-9,12-16H2;3-4H2,1-2H3;/q-2;-1;;+3. The monoisotopic (exact) mass is 1220 g/mol. The summed E-state index contributed by atoms with van der Waals surface area (Å²) in [6.45, 7) is 20.2. The van der Waals surface area contributed by atoms with Crippen molar-refractivity contribution in [1.82, 2.24) is 0 Å². The van der Waals surface area contributed by atoms with E-state index in [2.05, 4.69) is 191 Å². The summed E-state index contributed by atoms with van der Waals surface area (Å²) in [6, 6.07) is 57.6. The maximum Gasteiger partial charge on any atom is 3.00 e. The van der Waals surface area contributed by atoms with Gasteiger partial charge in [0, 0.05) is 20.3 Å². The minimum absolute atomic E-state index is 0. The predicted molar refractivity (Wildman–Crippen MR) is 357 cm³/mol. The van der Waals surface area contributed by atoms with E-state index in [1.54, 1.807) is 0 Å². The first-order valence-electron chi connectivity index (χ1n) is 30.9. The molecule has 0 spiro atoms. The van der Waals surface area contributed by atoms with Crippen LogP contribution in [0.15, 0.2) is 166 Å². The molecular formula is C68H99N6OP2Si2Y. The van der Waals surface area contributed by atoms with Crippen molar-refractivity contribution < 1.29 is 37.4 Å². The summed E-state index contributed by atoms with van der Waals surface area (Å²) < 4.78 is 17.6. The average molecular weight is 1220 g/mol. The summed E-state index contributed by atoms with van der Waals surface area (Å²) in [5, 5.41) is 17.6. The quantitative estimate of drug-likeness (QED) is 0.0395. The van der Waals surface area contributed by atoms with Gasteiger partial charge in [0.15, 0.2) is 8.24 Å². The second-order valence-corrected chi connectivity index (χ2v) is 40.5. The Morgan fingerprint density at radius 3 is 1.20 bits per heavy atom. The average Bonchev–Trinajstić information content (AvgIpc) is 3.50. The van der Waals surface area contributed by atoms with Crippen LogP contribution >= 0.6 is 14.1 Å². The molecule has 0 radical (unpaired) electrons. The van der Waals surface area contributed by atoms with Crippen molar-refractivity contribution >= 4 is 68.5 Å². The maximum absolute atomic E-state index is 6.39. The van der Waals surface area contributed by atoms with Crippen LogP contribution in [0.25, 0.3) is 15.4 Å². The van der Waals surface area contributed by atoms with E-state index in [1.807, 2.05) is 13.8 Å². The Labute approximate surface area is 514 Å². The Kier molecular flexibility index (Phi) is 28.2. The summed E-state index contributed by atoms with van der Waals surface area (Å²) in [4.78, 5) is 11.1. The molecule has 12 heteroatoms. The molecule has 9 rings (SSSR count). The SMILES string of the molecule is CCOCC.C[Si](C)(C)N=P(C(C(=NC1CCCCC1)[N-]C1CCCCC1)=P([N-][Si](C)(C)C)(c1ccccc1)c1ccccc1)(c1ccccc1)c1ccccc1.[Y+3].c1ccc(CC(=NC2CCCCC2)[N-]C2CCCCC2)cc1. The van der Waals surface area contributed by atoms with Gasteiger partial charge in [-0.25, -0.2) is 0 Å². The first-order chi connectivity index (χ1) is 38.3. The van der Waals surface area contributed by atoms with Crippen molar-refractivity contribution in [2.45, 2.75) is 212 Å². The largest absolute Gasteiger partial charge is 3.00 e. The number of benzene rings is 5. The summed E-state index contributed by atoms with van der Waals surface area (Å²) in [5.41, 5.74) is 1.34. The number of hydrogen-bond donors (Lipinski definition) is 0. The third-order valence-electron chi connectivity index (χ3n) is 15.4. The minimum Gasteiger partial charge on any atom is -0.630 e. The third kappa shape index (κ3) is 20.1. The Morgan fingerprint density at radius 1 is 0.463 bits per heavy atom. The Bertz CT molecular complexity index is 2600. The summed E-state index contributed by atoms with van der Waals surface area (Å²) in [5.74, 6) is 2.11. The van der Waals surface area contributed by atoms with Crippen molar-refractivity contribution in [3.8, 4) is 0 Å². The Balaban J connectivity index is 0.000000304. The van der Waals surface area contributed by atoms with Crippen molar-refractivity contribution in [3.63, 3.8) is 0 Å². The smallest absolute Gasteiger partial charge is 0.630 e. The molecule has 7 nitrogen and oxygen atoms in total. The van der Waals surface area contributed by atoms with E-state index in [0.717, 1.165) is 57.0 Å². The molecule has 0 saturated heterocycles.